The molecular formula is C21H30Cl2N2O4. The highest BCUT2D eigenvalue weighted by Crippen LogP contribution is 2.28. The van der Waals surface area contributed by atoms with Crippen LogP contribution >= 0.6 is 24.8 Å². The average molecular weight is 445 g/mol. The Bertz CT molecular complexity index is 755. The van der Waals surface area contributed by atoms with Gasteiger partial charge in [0.25, 0.3) is 0 Å². The smallest absolute Gasteiger partial charge is 0.142 e. The second kappa shape index (κ2) is 12.0. The SMILES string of the molecule is COc1ccccc1N1CCN(CC(O)COc2ccc(O)c(C)c2)CC1.Cl.Cl. The van der Waals surface area contributed by atoms with E-state index in [-0.39, 0.29) is 37.2 Å². The van der Waals surface area contributed by atoms with E-state index >= 15 is 0 Å². The second-order valence-corrected chi connectivity index (χ2v) is 6.87. The number of phenolic OH excluding ortho intramolecular Hbond substituents is 1. The fourth-order valence-electron chi connectivity index (χ4n) is 3.32. The van der Waals surface area contributed by atoms with Crippen molar-refractivity contribution in [2.75, 3.05) is 51.3 Å². The van der Waals surface area contributed by atoms with Crippen LogP contribution in [0.2, 0.25) is 0 Å². The third kappa shape index (κ3) is 6.85. The summed E-state index contributed by atoms with van der Waals surface area (Å²) in [5.74, 6) is 1.80. The molecule has 2 aromatic rings. The number of ether oxygens (including phenoxy) is 2. The second-order valence-electron chi connectivity index (χ2n) is 6.87. The van der Waals surface area contributed by atoms with Crippen LogP contribution in [0.15, 0.2) is 42.5 Å². The minimum absolute atomic E-state index is 0. The molecule has 29 heavy (non-hydrogen) atoms. The van der Waals surface area contributed by atoms with Gasteiger partial charge in [-0.2, -0.15) is 0 Å². The van der Waals surface area contributed by atoms with Crippen LogP contribution in [0.5, 0.6) is 17.2 Å². The number of halogens is 2. The molecule has 1 unspecified atom stereocenters. The van der Waals surface area contributed by atoms with E-state index in [4.69, 9.17) is 9.47 Å². The van der Waals surface area contributed by atoms with Crippen LogP contribution in [-0.4, -0.2) is 67.7 Å². The number of rotatable bonds is 7. The number of para-hydroxylation sites is 2. The van der Waals surface area contributed by atoms with Gasteiger partial charge in [-0.05, 0) is 42.8 Å². The van der Waals surface area contributed by atoms with Crippen molar-refractivity contribution in [2.45, 2.75) is 13.0 Å². The summed E-state index contributed by atoms with van der Waals surface area (Å²) in [6.07, 6.45) is -0.558. The first-order valence-corrected chi connectivity index (χ1v) is 9.27. The minimum atomic E-state index is -0.558. The zero-order valence-electron chi connectivity index (χ0n) is 16.8. The molecule has 0 bridgehead atoms. The summed E-state index contributed by atoms with van der Waals surface area (Å²) in [6, 6.07) is 13.1. The summed E-state index contributed by atoms with van der Waals surface area (Å²) in [6.45, 7) is 6.19. The van der Waals surface area contributed by atoms with Crippen LogP contribution < -0.4 is 14.4 Å². The number of phenols is 1. The van der Waals surface area contributed by atoms with Crippen molar-refractivity contribution in [2.24, 2.45) is 0 Å². The number of aliphatic hydroxyl groups excluding tert-OH is 1. The largest absolute Gasteiger partial charge is 0.508 e. The molecule has 1 aliphatic rings. The Kier molecular flexibility index (Phi) is 10.4. The topological polar surface area (TPSA) is 65.4 Å². The maximum absolute atomic E-state index is 10.3. The Morgan fingerprint density at radius 2 is 1.72 bits per heavy atom. The number of aliphatic hydroxyl groups is 1. The highest BCUT2D eigenvalue weighted by atomic mass is 35.5. The first-order chi connectivity index (χ1) is 13.1. The summed E-state index contributed by atoms with van der Waals surface area (Å²) in [4.78, 5) is 4.57. The molecule has 6 nitrogen and oxygen atoms in total. The summed E-state index contributed by atoms with van der Waals surface area (Å²) in [5, 5.41) is 19.9. The van der Waals surface area contributed by atoms with Gasteiger partial charge in [-0.3, -0.25) is 4.90 Å². The number of anilines is 1. The molecule has 0 aromatic heterocycles. The molecule has 2 aromatic carbocycles. The number of piperazine rings is 1. The van der Waals surface area contributed by atoms with Crippen molar-refractivity contribution in [3.05, 3.63) is 48.0 Å². The molecule has 3 rings (SSSR count). The highest BCUT2D eigenvalue weighted by Gasteiger charge is 2.21. The molecule has 1 atom stereocenters. The fraction of sp³-hybridized carbons (Fsp3) is 0.429. The van der Waals surface area contributed by atoms with Crippen LogP contribution in [0.4, 0.5) is 5.69 Å². The van der Waals surface area contributed by atoms with Crippen LogP contribution in [0.25, 0.3) is 0 Å². The summed E-state index contributed by atoms with van der Waals surface area (Å²) in [7, 11) is 1.70. The van der Waals surface area contributed by atoms with Crippen molar-refractivity contribution < 1.29 is 19.7 Å². The van der Waals surface area contributed by atoms with Crippen molar-refractivity contribution in [3.63, 3.8) is 0 Å². The quantitative estimate of drug-likeness (QED) is 0.683. The van der Waals surface area contributed by atoms with E-state index in [9.17, 15) is 10.2 Å². The lowest BCUT2D eigenvalue weighted by Crippen LogP contribution is -2.49. The van der Waals surface area contributed by atoms with E-state index in [1.165, 1.54) is 0 Å². The Hall–Kier alpha value is -1.86. The summed E-state index contributed by atoms with van der Waals surface area (Å²) >= 11 is 0. The van der Waals surface area contributed by atoms with Crippen LogP contribution in [0.3, 0.4) is 0 Å². The Labute approximate surface area is 184 Å². The van der Waals surface area contributed by atoms with E-state index in [2.05, 4.69) is 15.9 Å². The van der Waals surface area contributed by atoms with Crippen LogP contribution in [-0.2, 0) is 0 Å². The molecule has 1 saturated heterocycles. The van der Waals surface area contributed by atoms with E-state index in [1.54, 1.807) is 25.3 Å². The number of aromatic hydroxyl groups is 1. The fourth-order valence-corrected chi connectivity index (χ4v) is 3.32. The van der Waals surface area contributed by atoms with Crippen molar-refractivity contribution in [1.29, 1.82) is 0 Å². The molecule has 1 heterocycles. The van der Waals surface area contributed by atoms with Gasteiger partial charge in [-0.1, -0.05) is 12.1 Å². The molecule has 1 fully saturated rings. The standard InChI is InChI=1S/C21H28N2O4.2ClH/c1-16-13-18(7-8-20(16)25)27-15-17(24)14-22-9-11-23(12-10-22)19-5-3-4-6-21(19)26-2;;/h3-8,13,17,24-25H,9-12,14-15H2,1-2H3;2*1H. The lowest BCUT2D eigenvalue weighted by molar-refractivity contribution is 0.0662. The Morgan fingerprint density at radius 3 is 2.38 bits per heavy atom. The zero-order chi connectivity index (χ0) is 19.2. The number of methoxy groups -OCH3 is 1. The first-order valence-electron chi connectivity index (χ1n) is 9.27. The van der Waals surface area contributed by atoms with Gasteiger partial charge in [0.1, 0.15) is 30.0 Å². The van der Waals surface area contributed by atoms with Gasteiger partial charge < -0.3 is 24.6 Å². The zero-order valence-corrected chi connectivity index (χ0v) is 18.4. The number of benzene rings is 2. The van der Waals surface area contributed by atoms with Crippen molar-refractivity contribution >= 4 is 30.5 Å². The van der Waals surface area contributed by atoms with Crippen molar-refractivity contribution in [1.82, 2.24) is 4.90 Å². The van der Waals surface area contributed by atoms with Gasteiger partial charge >= 0.3 is 0 Å². The summed E-state index contributed by atoms with van der Waals surface area (Å²) < 4.78 is 11.1. The molecule has 2 N–H and O–H groups in total. The molecule has 0 amide bonds. The lowest BCUT2D eigenvalue weighted by Gasteiger charge is -2.37. The first kappa shape index (κ1) is 25.2. The van der Waals surface area contributed by atoms with Gasteiger partial charge in [-0.15, -0.1) is 24.8 Å². The molecular weight excluding hydrogens is 415 g/mol. The third-order valence-electron chi connectivity index (χ3n) is 4.88. The molecule has 0 radical (unpaired) electrons. The maximum Gasteiger partial charge on any atom is 0.142 e. The van der Waals surface area contributed by atoms with Gasteiger partial charge in [0, 0.05) is 32.7 Å². The number of hydrogen-bond donors (Lipinski definition) is 2. The van der Waals surface area contributed by atoms with Gasteiger partial charge in [0.05, 0.1) is 12.8 Å². The van der Waals surface area contributed by atoms with E-state index in [0.29, 0.717) is 12.3 Å². The lowest BCUT2D eigenvalue weighted by atomic mass is 10.2. The van der Waals surface area contributed by atoms with Gasteiger partial charge in [0.2, 0.25) is 0 Å². The monoisotopic (exact) mass is 444 g/mol. The number of hydrogen-bond acceptors (Lipinski definition) is 6. The molecule has 8 heteroatoms. The van der Waals surface area contributed by atoms with E-state index < -0.39 is 6.10 Å². The van der Waals surface area contributed by atoms with Crippen LogP contribution in [0, 0.1) is 6.92 Å². The van der Waals surface area contributed by atoms with E-state index in [0.717, 1.165) is 43.2 Å². The average Bonchev–Trinajstić information content (AvgIpc) is 2.69. The molecule has 1 aliphatic heterocycles. The van der Waals surface area contributed by atoms with Gasteiger partial charge in [0.15, 0.2) is 0 Å². The predicted octanol–water partition coefficient (Wildman–Crippen LogP) is 3.11. The highest BCUT2D eigenvalue weighted by molar-refractivity contribution is 5.85. The third-order valence-corrected chi connectivity index (χ3v) is 4.88. The number of β-amino-alcohol motifs (C(OH)–C–C–N with tert-alkyl or cyclic N) is 1. The van der Waals surface area contributed by atoms with E-state index in [1.807, 2.05) is 25.1 Å². The Morgan fingerprint density at radius 1 is 1.03 bits per heavy atom. The van der Waals surface area contributed by atoms with Crippen LogP contribution in [0.1, 0.15) is 5.56 Å². The molecule has 162 valence electrons. The van der Waals surface area contributed by atoms with Crippen molar-refractivity contribution in [3.8, 4) is 17.2 Å². The number of aryl methyl sites for hydroxylation is 1. The maximum atomic E-state index is 10.3. The molecule has 0 saturated carbocycles. The molecule has 0 aliphatic carbocycles. The Balaban J connectivity index is 0.00000210. The number of nitrogens with zero attached hydrogens (tertiary/aromatic N) is 2. The normalized spacial score (nSPS) is 15.1. The van der Waals surface area contributed by atoms with Gasteiger partial charge in [-0.25, -0.2) is 0 Å². The summed E-state index contributed by atoms with van der Waals surface area (Å²) in [5.41, 5.74) is 1.88. The predicted molar refractivity (Wildman–Crippen MR) is 120 cm³/mol. The molecule has 0 spiro atoms. The minimum Gasteiger partial charge on any atom is -0.508 e.